The van der Waals surface area contributed by atoms with Gasteiger partial charge in [-0.25, -0.2) is 4.99 Å². The van der Waals surface area contributed by atoms with Gasteiger partial charge in [0.15, 0.2) is 5.96 Å². The number of esters is 1. The molecule has 1 heterocycles. The van der Waals surface area contributed by atoms with Crippen LogP contribution in [0.3, 0.4) is 0 Å². The number of likely N-dealkylation sites (tertiary alicyclic amines) is 1. The maximum Gasteiger partial charge on any atom is 0.308 e. The molecule has 0 bridgehead atoms. The van der Waals surface area contributed by atoms with E-state index in [0.717, 1.165) is 56.4 Å². The number of piperidine rings is 1. The highest BCUT2D eigenvalue weighted by Crippen LogP contribution is 2.19. The highest BCUT2D eigenvalue weighted by atomic mass is 16.5. The normalized spacial score (nSPS) is 15.7. The molecule has 27 heavy (non-hydrogen) atoms. The zero-order valence-electron chi connectivity index (χ0n) is 17.0. The molecule has 2 rings (SSSR count). The van der Waals surface area contributed by atoms with Gasteiger partial charge in [0, 0.05) is 19.6 Å². The molecule has 0 unspecified atom stereocenters. The minimum absolute atomic E-state index is 0.00695. The van der Waals surface area contributed by atoms with Crippen molar-refractivity contribution in [2.24, 2.45) is 16.8 Å². The number of nitrogens with zero attached hydrogens (tertiary/aromatic N) is 2. The molecule has 1 aliphatic heterocycles. The van der Waals surface area contributed by atoms with Gasteiger partial charge in [0.2, 0.25) is 0 Å². The zero-order chi connectivity index (χ0) is 19.6. The largest absolute Gasteiger partial charge is 0.493 e. The third-order valence-corrected chi connectivity index (χ3v) is 4.58. The summed E-state index contributed by atoms with van der Waals surface area (Å²) in [6, 6.07) is 8.13. The van der Waals surface area contributed by atoms with Crippen LogP contribution >= 0.6 is 0 Å². The van der Waals surface area contributed by atoms with Crippen LogP contribution in [-0.4, -0.2) is 50.2 Å². The predicted molar refractivity (Wildman–Crippen MR) is 108 cm³/mol. The van der Waals surface area contributed by atoms with E-state index >= 15 is 0 Å². The van der Waals surface area contributed by atoms with Crippen molar-refractivity contribution in [2.75, 3.05) is 33.4 Å². The Hall–Kier alpha value is -2.24. The molecular formula is C21H33N3O3. The second kappa shape index (κ2) is 10.8. The molecule has 1 saturated heterocycles. The van der Waals surface area contributed by atoms with Gasteiger partial charge in [-0.05, 0) is 43.4 Å². The standard InChI is InChI=1S/C21H33N3O3/c1-5-22-21(24-12-10-18(11-13-24)20(25)26-4)23-14-17-6-8-19(9-7-17)27-15-16(2)3/h6-9,16,18H,5,10-15H2,1-4H3,(H,22,23). The van der Waals surface area contributed by atoms with Crippen LogP contribution < -0.4 is 10.1 Å². The number of aliphatic imine (C=N–C) groups is 1. The fourth-order valence-electron chi connectivity index (χ4n) is 3.04. The molecule has 0 atom stereocenters. The van der Waals surface area contributed by atoms with Crippen LogP contribution in [0.25, 0.3) is 0 Å². The van der Waals surface area contributed by atoms with Crippen LogP contribution in [0.4, 0.5) is 0 Å². The molecule has 0 spiro atoms. The first-order chi connectivity index (χ1) is 13.0. The zero-order valence-corrected chi connectivity index (χ0v) is 17.0. The summed E-state index contributed by atoms with van der Waals surface area (Å²) in [5, 5.41) is 3.36. The molecule has 0 radical (unpaired) electrons. The third-order valence-electron chi connectivity index (χ3n) is 4.58. The topological polar surface area (TPSA) is 63.2 Å². The predicted octanol–water partition coefficient (Wildman–Crippen LogP) is 3.07. The maximum atomic E-state index is 11.7. The number of carbonyl (C=O) groups is 1. The Morgan fingerprint density at radius 1 is 1.26 bits per heavy atom. The number of ether oxygens (including phenoxy) is 2. The molecule has 0 saturated carbocycles. The van der Waals surface area contributed by atoms with E-state index in [0.29, 0.717) is 12.5 Å². The number of methoxy groups -OCH3 is 1. The Morgan fingerprint density at radius 3 is 2.48 bits per heavy atom. The first-order valence-electron chi connectivity index (χ1n) is 9.86. The molecule has 1 aromatic carbocycles. The van der Waals surface area contributed by atoms with E-state index in [2.05, 4.69) is 43.1 Å². The van der Waals surface area contributed by atoms with Crippen LogP contribution in [0.1, 0.15) is 39.2 Å². The van der Waals surface area contributed by atoms with Gasteiger partial charge < -0.3 is 19.7 Å². The molecule has 0 aromatic heterocycles. The van der Waals surface area contributed by atoms with Gasteiger partial charge >= 0.3 is 5.97 Å². The third kappa shape index (κ3) is 6.77. The van der Waals surface area contributed by atoms with Gasteiger partial charge in [-0.2, -0.15) is 0 Å². The molecule has 1 aliphatic rings. The Labute approximate surface area is 162 Å². The van der Waals surface area contributed by atoms with Crippen molar-refractivity contribution in [3.8, 4) is 5.75 Å². The van der Waals surface area contributed by atoms with Crippen LogP contribution in [0.15, 0.2) is 29.3 Å². The molecule has 6 nitrogen and oxygen atoms in total. The van der Waals surface area contributed by atoms with Gasteiger partial charge in [-0.15, -0.1) is 0 Å². The van der Waals surface area contributed by atoms with E-state index in [1.54, 1.807) is 0 Å². The minimum Gasteiger partial charge on any atom is -0.493 e. The SMILES string of the molecule is CCNC(=NCc1ccc(OCC(C)C)cc1)N1CCC(C(=O)OC)CC1. The summed E-state index contributed by atoms with van der Waals surface area (Å²) in [5.41, 5.74) is 1.15. The summed E-state index contributed by atoms with van der Waals surface area (Å²) in [6.45, 7) is 10.1. The average molecular weight is 376 g/mol. The van der Waals surface area contributed by atoms with Crippen molar-refractivity contribution in [2.45, 2.75) is 40.2 Å². The fourth-order valence-corrected chi connectivity index (χ4v) is 3.04. The lowest BCUT2D eigenvalue weighted by molar-refractivity contribution is -0.146. The monoisotopic (exact) mass is 375 g/mol. The van der Waals surface area contributed by atoms with E-state index in [1.807, 2.05) is 12.1 Å². The Balaban J connectivity index is 1.92. The smallest absolute Gasteiger partial charge is 0.308 e. The highest BCUT2D eigenvalue weighted by Gasteiger charge is 2.26. The van der Waals surface area contributed by atoms with Crippen LogP contribution in [0.5, 0.6) is 5.75 Å². The molecule has 0 aliphatic carbocycles. The van der Waals surface area contributed by atoms with Crippen molar-refractivity contribution >= 4 is 11.9 Å². The fraction of sp³-hybridized carbons (Fsp3) is 0.619. The van der Waals surface area contributed by atoms with Crippen molar-refractivity contribution < 1.29 is 14.3 Å². The summed E-state index contributed by atoms with van der Waals surface area (Å²) >= 11 is 0. The number of nitrogens with one attached hydrogen (secondary N) is 1. The van der Waals surface area contributed by atoms with Crippen LogP contribution in [0.2, 0.25) is 0 Å². The average Bonchev–Trinajstić information content (AvgIpc) is 2.70. The number of guanidine groups is 1. The van der Waals surface area contributed by atoms with Crippen molar-refractivity contribution in [3.63, 3.8) is 0 Å². The molecule has 1 aromatic rings. The molecule has 6 heteroatoms. The van der Waals surface area contributed by atoms with E-state index in [4.69, 9.17) is 14.5 Å². The molecule has 0 amide bonds. The van der Waals surface area contributed by atoms with Gasteiger partial charge in [0.25, 0.3) is 0 Å². The quantitative estimate of drug-likeness (QED) is 0.451. The van der Waals surface area contributed by atoms with Crippen molar-refractivity contribution in [3.05, 3.63) is 29.8 Å². The van der Waals surface area contributed by atoms with Crippen LogP contribution in [-0.2, 0) is 16.1 Å². The summed E-state index contributed by atoms with van der Waals surface area (Å²) in [4.78, 5) is 18.7. The summed E-state index contributed by atoms with van der Waals surface area (Å²) in [6.07, 6.45) is 1.61. The van der Waals surface area contributed by atoms with E-state index in [1.165, 1.54) is 7.11 Å². The Bertz CT molecular complexity index is 606. The van der Waals surface area contributed by atoms with E-state index in [9.17, 15) is 4.79 Å². The van der Waals surface area contributed by atoms with E-state index < -0.39 is 0 Å². The Kier molecular flexibility index (Phi) is 8.43. The summed E-state index contributed by atoms with van der Waals surface area (Å²) in [5.74, 6) is 2.22. The van der Waals surface area contributed by atoms with Gasteiger partial charge in [-0.1, -0.05) is 26.0 Å². The highest BCUT2D eigenvalue weighted by molar-refractivity contribution is 5.80. The van der Waals surface area contributed by atoms with Crippen LogP contribution in [0, 0.1) is 11.8 Å². The van der Waals surface area contributed by atoms with Gasteiger partial charge in [0.05, 0.1) is 26.2 Å². The summed E-state index contributed by atoms with van der Waals surface area (Å²) < 4.78 is 10.6. The van der Waals surface area contributed by atoms with Crippen molar-refractivity contribution in [1.29, 1.82) is 0 Å². The molecule has 150 valence electrons. The molecular weight excluding hydrogens is 342 g/mol. The second-order valence-corrected chi connectivity index (χ2v) is 7.30. The van der Waals surface area contributed by atoms with Gasteiger partial charge in [0.1, 0.15) is 5.75 Å². The minimum atomic E-state index is -0.101. The lowest BCUT2D eigenvalue weighted by Gasteiger charge is -2.33. The number of benzene rings is 1. The molecule has 1 fully saturated rings. The second-order valence-electron chi connectivity index (χ2n) is 7.30. The number of hydrogen-bond donors (Lipinski definition) is 1. The summed E-state index contributed by atoms with van der Waals surface area (Å²) in [7, 11) is 1.46. The first-order valence-corrected chi connectivity index (χ1v) is 9.86. The number of rotatable bonds is 7. The Morgan fingerprint density at radius 2 is 1.93 bits per heavy atom. The number of carbonyl (C=O) groups excluding carboxylic acids is 1. The van der Waals surface area contributed by atoms with E-state index in [-0.39, 0.29) is 11.9 Å². The molecule has 1 N–H and O–H groups in total. The number of hydrogen-bond acceptors (Lipinski definition) is 4. The first kappa shape index (κ1) is 21.1. The van der Waals surface area contributed by atoms with Crippen molar-refractivity contribution in [1.82, 2.24) is 10.2 Å². The lowest BCUT2D eigenvalue weighted by atomic mass is 9.97. The lowest BCUT2D eigenvalue weighted by Crippen LogP contribution is -2.46. The van der Waals surface area contributed by atoms with Gasteiger partial charge in [-0.3, -0.25) is 4.79 Å². The maximum absolute atomic E-state index is 11.7.